The number of anilines is 1. The van der Waals surface area contributed by atoms with Gasteiger partial charge in [0, 0.05) is 49.2 Å². The van der Waals surface area contributed by atoms with E-state index in [1.54, 1.807) is 18.1 Å². The summed E-state index contributed by atoms with van der Waals surface area (Å²) in [4.78, 5) is 56.4. The number of fused-ring (bicyclic) bond motifs is 2. The van der Waals surface area contributed by atoms with Crippen LogP contribution >= 0.6 is 11.3 Å². The predicted octanol–water partition coefficient (Wildman–Crippen LogP) is 4.43. The number of H-pyrrole nitrogens is 1. The molecule has 10 nitrogen and oxygen atoms in total. The smallest absolute Gasteiger partial charge is 0.410 e. The summed E-state index contributed by atoms with van der Waals surface area (Å²) in [5.41, 5.74) is 1.79. The van der Waals surface area contributed by atoms with Crippen LogP contribution in [-0.2, 0) is 14.3 Å². The fraction of sp³-hybridized carbons (Fsp3) is 0.345. The van der Waals surface area contributed by atoms with Crippen molar-refractivity contribution in [2.75, 3.05) is 31.6 Å². The summed E-state index contributed by atoms with van der Waals surface area (Å²) >= 11 is 1.54. The van der Waals surface area contributed by atoms with E-state index in [1.165, 1.54) is 11.3 Å². The van der Waals surface area contributed by atoms with Gasteiger partial charge in [-0.2, -0.15) is 0 Å². The van der Waals surface area contributed by atoms with Gasteiger partial charge in [-0.05, 0) is 50.6 Å². The summed E-state index contributed by atoms with van der Waals surface area (Å²) in [6.45, 7) is 7.45. The van der Waals surface area contributed by atoms with Crippen molar-refractivity contribution in [3.05, 3.63) is 53.2 Å². The van der Waals surface area contributed by atoms with Crippen molar-refractivity contribution in [3.8, 4) is 0 Å². The van der Waals surface area contributed by atoms with Crippen molar-refractivity contribution >= 4 is 67.5 Å². The van der Waals surface area contributed by atoms with Crippen LogP contribution in [0, 0.1) is 5.92 Å². The molecule has 1 aromatic carbocycles. The largest absolute Gasteiger partial charge is 0.444 e. The van der Waals surface area contributed by atoms with E-state index in [1.807, 2.05) is 56.5 Å². The number of benzene rings is 1. The van der Waals surface area contributed by atoms with Gasteiger partial charge in [0.15, 0.2) is 0 Å². The second-order valence-corrected chi connectivity index (χ2v) is 12.2. The Hall–Kier alpha value is -4.25. The summed E-state index contributed by atoms with van der Waals surface area (Å²) in [5.74, 6) is -0.223. The molecule has 6 rings (SSSR count). The maximum Gasteiger partial charge on any atom is 0.410 e. The third-order valence-electron chi connectivity index (χ3n) is 7.14. The number of hydrogen-bond acceptors (Lipinski definition) is 8. The number of nitrogens with zero attached hydrogens (tertiary/aromatic N) is 4. The molecule has 0 aliphatic carbocycles. The zero-order chi connectivity index (χ0) is 28.2. The molecule has 0 spiro atoms. The molecule has 11 heteroatoms. The highest BCUT2D eigenvalue weighted by atomic mass is 32.1. The number of nitrogens with one attached hydrogen (secondary N) is 2. The Balaban J connectivity index is 1.36. The summed E-state index contributed by atoms with van der Waals surface area (Å²) < 4.78 is 5.50. The van der Waals surface area contributed by atoms with Gasteiger partial charge in [0.25, 0.3) is 11.8 Å². The molecule has 2 aliphatic heterocycles. The first-order chi connectivity index (χ1) is 19.1. The van der Waals surface area contributed by atoms with Gasteiger partial charge < -0.3 is 19.5 Å². The average Bonchev–Trinajstić information content (AvgIpc) is 3.67. The van der Waals surface area contributed by atoms with Crippen LogP contribution in [0.1, 0.15) is 38.4 Å². The lowest BCUT2D eigenvalue weighted by Crippen LogP contribution is -2.37. The lowest BCUT2D eigenvalue weighted by Gasteiger charge is -2.26. The molecule has 1 fully saturated rings. The van der Waals surface area contributed by atoms with Crippen molar-refractivity contribution in [2.45, 2.75) is 32.8 Å². The lowest BCUT2D eigenvalue weighted by molar-refractivity contribution is -0.122. The van der Waals surface area contributed by atoms with Gasteiger partial charge in [-0.1, -0.05) is 18.2 Å². The quantitative estimate of drug-likeness (QED) is 0.348. The number of carbonyl (C=O) groups is 3. The van der Waals surface area contributed by atoms with Crippen molar-refractivity contribution < 1.29 is 19.1 Å². The van der Waals surface area contributed by atoms with E-state index in [4.69, 9.17) is 14.7 Å². The van der Waals surface area contributed by atoms with E-state index in [0.29, 0.717) is 53.3 Å². The Bertz CT molecular complexity index is 1700. The minimum Gasteiger partial charge on any atom is -0.444 e. The SMILES string of the molecule is CN(CC1CCN(c2nc(C3=C(c4c[nH]c5sccc45)C(=O)NC3=O)c3ccccc3n2)C1)C(=O)OC(C)(C)C. The Labute approximate surface area is 235 Å². The normalized spacial score (nSPS) is 17.8. The fourth-order valence-electron chi connectivity index (χ4n) is 5.35. The Morgan fingerprint density at radius 1 is 1.12 bits per heavy atom. The van der Waals surface area contributed by atoms with Crippen LogP contribution in [0.4, 0.5) is 10.7 Å². The summed E-state index contributed by atoms with van der Waals surface area (Å²) in [5, 5.41) is 6.01. The van der Waals surface area contributed by atoms with Crippen molar-refractivity contribution in [2.24, 2.45) is 5.92 Å². The van der Waals surface area contributed by atoms with Crippen LogP contribution in [0.15, 0.2) is 41.9 Å². The average molecular weight is 559 g/mol. The zero-order valence-electron chi connectivity index (χ0n) is 22.8. The highest BCUT2D eigenvalue weighted by molar-refractivity contribution is 7.16. The van der Waals surface area contributed by atoms with E-state index in [0.717, 1.165) is 16.6 Å². The molecule has 0 bridgehead atoms. The van der Waals surface area contributed by atoms with E-state index in [9.17, 15) is 14.4 Å². The van der Waals surface area contributed by atoms with Crippen molar-refractivity contribution in [1.82, 2.24) is 25.2 Å². The number of hydrogen-bond donors (Lipinski definition) is 2. The van der Waals surface area contributed by atoms with E-state index in [-0.39, 0.29) is 17.6 Å². The zero-order valence-corrected chi connectivity index (χ0v) is 23.6. The first kappa shape index (κ1) is 26.0. The monoisotopic (exact) mass is 558 g/mol. The molecule has 0 radical (unpaired) electrons. The van der Waals surface area contributed by atoms with Gasteiger partial charge in [0.2, 0.25) is 5.95 Å². The standard InChI is InChI=1S/C29H30N6O4S/c1-29(2,3)39-28(38)34(4)14-16-9-11-35(15-16)27-31-20-8-6-5-7-18(20)23(32-27)22-21(24(36)33-25(22)37)19-13-30-26-17(19)10-12-40-26/h5-8,10,12-13,16,30H,9,11,14-15H2,1-4H3,(H,33,36,37). The second-order valence-electron chi connectivity index (χ2n) is 11.2. The number of ether oxygens (including phenoxy) is 1. The highest BCUT2D eigenvalue weighted by Gasteiger charge is 2.36. The molecule has 2 N–H and O–H groups in total. The third-order valence-corrected chi connectivity index (χ3v) is 7.98. The molecular formula is C29H30N6O4S. The Morgan fingerprint density at radius 2 is 1.90 bits per heavy atom. The number of carbonyl (C=O) groups excluding carboxylic acids is 3. The number of para-hydroxylation sites is 1. The molecule has 5 heterocycles. The highest BCUT2D eigenvalue weighted by Crippen LogP contribution is 2.38. The summed E-state index contributed by atoms with van der Waals surface area (Å²) in [6.07, 6.45) is 2.27. The van der Waals surface area contributed by atoms with Gasteiger partial charge in [-0.25, -0.2) is 14.8 Å². The molecule has 1 unspecified atom stereocenters. The number of aromatic amines is 1. The van der Waals surface area contributed by atoms with Crippen LogP contribution in [0.5, 0.6) is 0 Å². The van der Waals surface area contributed by atoms with Crippen LogP contribution < -0.4 is 10.2 Å². The third kappa shape index (κ3) is 4.70. The van der Waals surface area contributed by atoms with Crippen LogP contribution in [0.2, 0.25) is 0 Å². The number of rotatable bonds is 5. The molecule has 0 saturated carbocycles. The van der Waals surface area contributed by atoms with Crippen molar-refractivity contribution in [1.29, 1.82) is 0 Å². The fourth-order valence-corrected chi connectivity index (χ4v) is 6.13. The van der Waals surface area contributed by atoms with E-state index < -0.39 is 17.4 Å². The van der Waals surface area contributed by atoms with E-state index in [2.05, 4.69) is 15.2 Å². The van der Waals surface area contributed by atoms with Gasteiger partial charge in [-0.3, -0.25) is 14.9 Å². The predicted molar refractivity (Wildman–Crippen MR) is 155 cm³/mol. The lowest BCUT2D eigenvalue weighted by atomic mass is 9.97. The molecule has 206 valence electrons. The number of thiophene rings is 1. The number of amides is 3. The molecule has 1 atom stereocenters. The molecule has 3 aromatic heterocycles. The molecule has 4 aromatic rings. The van der Waals surface area contributed by atoms with Crippen LogP contribution in [-0.4, -0.2) is 70.0 Å². The molecule has 40 heavy (non-hydrogen) atoms. The van der Waals surface area contributed by atoms with Gasteiger partial charge in [0.1, 0.15) is 10.4 Å². The number of imide groups is 1. The van der Waals surface area contributed by atoms with E-state index >= 15 is 0 Å². The van der Waals surface area contributed by atoms with Gasteiger partial charge >= 0.3 is 6.09 Å². The van der Waals surface area contributed by atoms with Gasteiger partial charge in [-0.15, -0.1) is 11.3 Å². The molecule has 2 aliphatic rings. The molecule has 1 saturated heterocycles. The van der Waals surface area contributed by atoms with Gasteiger partial charge in [0.05, 0.1) is 22.4 Å². The minimum atomic E-state index is -0.556. The molecule has 3 amide bonds. The van der Waals surface area contributed by atoms with Crippen molar-refractivity contribution in [3.63, 3.8) is 0 Å². The van der Waals surface area contributed by atoms with Crippen LogP contribution in [0.25, 0.3) is 32.3 Å². The van der Waals surface area contributed by atoms with Crippen LogP contribution in [0.3, 0.4) is 0 Å². The first-order valence-electron chi connectivity index (χ1n) is 13.2. The maximum atomic E-state index is 13.3. The minimum absolute atomic E-state index is 0.203. The number of aromatic nitrogens is 3. The summed E-state index contributed by atoms with van der Waals surface area (Å²) in [7, 11) is 1.75. The summed E-state index contributed by atoms with van der Waals surface area (Å²) in [6, 6.07) is 9.46. The Kier molecular flexibility index (Phi) is 6.33. The Morgan fingerprint density at radius 3 is 2.70 bits per heavy atom. The maximum absolute atomic E-state index is 13.3. The topological polar surface area (TPSA) is 121 Å². The molecular weight excluding hydrogens is 528 g/mol. The first-order valence-corrected chi connectivity index (χ1v) is 14.1. The second kappa shape index (κ2) is 9.74.